The lowest BCUT2D eigenvalue weighted by atomic mass is 9.98. The van der Waals surface area contributed by atoms with Crippen LogP contribution in [0.5, 0.6) is 11.5 Å². The summed E-state index contributed by atoms with van der Waals surface area (Å²) >= 11 is 0. The summed E-state index contributed by atoms with van der Waals surface area (Å²) in [6, 6.07) is 4.12. The van der Waals surface area contributed by atoms with E-state index < -0.39 is 0 Å². The van der Waals surface area contributed by atoms with Gasteiger partial charge in [-0.3, -0.25) is 9.69 Å². The molecule has 1 saturated heterocycles. The van der Waals surface area contributed by atoms with Crippen LogP contribution in [0.4, 0.5) is 0 Å². The monoisotopic (exact) mass is 374 g/mol. The Morgan fingerprint density at radius 3 is 2.56 bits per heavy atom. The first-order valence-corrected chi connectivity index (χ1v) is 9.99. The molecular weight excluding hydrogens is 344 g/mol. The van der Waals surface area contributed by atoms with Crippen molar-refractivity contribution in [1.82, 2.24) is 9.80 Å². The Balaban J connectivity index is 1.39. The molecule has 0 aromatic heterocycles. The zero-order valence-electron chi connectivity index (χ0n) is 16.4. The van der Waals surface area contributed by atoms with Gasteiger partial charge in [-0.05, 0) is 48.4 Å². The van der Waals surface area contributed by atoms with Crippen LogP contribution in [-0.2, 0) is 22.5 Å². The Bertz CT molecular complexity index is 689. The summed E-state index contributed by atoms with van der Waals surface area (Å²) in [5.74, 6) is 3.05. The van der Waals surface area contributed by atoms with E-state index in [0.29, 0.717) is 19.1 Å². The molecule has 1 aromatic carbocycles. The molecule has 0 N–H and O–H groups in total. The molecule has 6 nitrogen and oxygen atoms in total. The van der Waals surface area contributed by atoms with Gasteiger partial charge in [-0.25, -0.2) is 0 Å². The number of methoxy groups -OCH3 is 2. The molecule has 2 heterocycles. The molecule has 0 spiro atoms. The van der Waals surface area contributed by atoms with Crippen LogP contribution < -0.4 is 9.47 Å². The van der Waals surface area contributed by atoms with Crippen LogP contribution in [-0.4, -0.2) is 69.3 Å². The summed E-state index contributed by atoms with van der Waals surface area (Å²) < 4.78 is 16.6. The average Bonchev–Trinajstić information content (AvgIpc) is 3.52. The molecule has 2 fully saturated rings. The van der Waals surface area contributed by atoms with Crippen LogP contribution in [0.15, 0.2) is 12.1 Å². The summed E-state index contributed by atoms with van der Waals surface area (Å²) in [4.78, 5) is 17.2. The number of ether oxygens (including phenoxy) is 3. The molecular formula is C21H30N2O4. The highest BCUT2D eigenvalue weighted by Crippen LogP contribution is 2.38. The van der Waals surface area contributed by atoms with Gasteiger partial charge in [0.25, 0.3) is 0 Å². The molecule has 1 amide bonds. The lowest BCUT2D eigenvalue weighted by Crippen LogP contribution is -2.44. The summed E-state index contributed by atoms with van der Waals surface area (Å²) in [7, 11) is 3.32. The quantitative estimate of drug-likeness (QED) is 0.789. The predicted octanol–water partition coefficient (Wildman–Crippen LogP) is 1.95. The zero-order chi connectivity index (χ0) is 18.8. The Hall–Kier alpha value is -1.79. The van der Waals surface area contributed by atoms with Gasteiger partial charge in [0.05, 0.1) is 34.0 Å². The molecule has 1 atom stereocenters. The second kappa shape index (κ2) is 8.07. The summed E-state index contributed by atoms with van der Waals surface area (Å²) in [6.07, 6.45) is 3.52. The van der Waals surface area contributed by atoms with Gasteiger partial charge in [-0.15, -0.1) is 0 Å². The minimum Gasteiger partial charge on any atom is -0.493 e. The molecule has 3 aliphatic rings. The van der Waals surface area contributed by atoms with Crippen molar-refractivity contribution in [3.05, 3.63) is 23.3 Å². The number of carbonyl (C=O) groups excluding carboxylic acids is 1. The number of carbonyl (C=O) groups is 1. The van der Waals surface area contributed by atoms with Crippen molar-refractivity contribution < 1.29 is 19.0 Å². The molecule has 1 unspecified atom stereocenters. The van der Waals surface area contributed by atoms with Gasteiger partial charge in [-0.1, -0.05) is 0 Å². The van der Waals surface area contributed by atoms with Gasteiger partial charge < -0.3 is 19.1 Å². The van der Waals surface area contributed by atoms with Gasteiger partial charge in [0.1, 0.15) is 0 Å². The Morgan fingerprint density at radius 1 is 1.11 bits per heavy atom. The molecule has 0 bridgehead atoms. The minimum atomic E-state index is 0.232. The summed E-state index contributed by atoms with van der Waals surface area (Å²) in [6.45, 7) is 5.20. The van der Waals surface area contributed by atoms with Gasteiger partial charge in [-0.2, -0.15) is 0 Å². The highest BCUT2D eigenvalue weighted by molar-refractivity contribution is 5.78. The van der Waals surface area contributed by atoms with Crippen molar-refractivity contribution in [2.45, 2.75) is 25.8 Å². The first-order chi connectivity index (χ1) is 13.2. The highest BCUT2D eigenvalue weighted by Gasteiger charge is 2.35. The normalized spacial score (nSPS) is 23.5. The third-order valence-corrected chi connectivity index (χ3v) is 6.09. The lowest BCUT2D eigenvalue weighted by Gasteiger charge is -2.31. The van der Waals surface area contributed by atoms with E-state index in [4.69, 9.17) is 14.2 Å². The van der Waals surface area contributed by atoms with Crippen LogP contribution in [0.2, 0.25) is 0 Å². The fourth-order valence-corrected chi connectivity index (χ4v) is 4.28. The second-order valence-electron chi connectivity index (χ2n) is 7.95. The van der Waals surface area contributed by atoms with Crippen molar-refractivity contribution >= 4 is 5.91 Å². The number of fused-ring (bicyclic) bond motifs is 1. The topological polar surface area (TPSA) is 51.2 Å². The van der Waals surface area contributed by atoms with Crippen LogP contribution in [0.3, 0.4) is 0 Å². The van der Waals surface area contributed by atoms with Gasteiger partial charge in [0.2, 0.25) is 5.91 Å². The van der Waals surface area contributed by atoms with E-state index in [9.17, 15) is 4.79 Å². The van der Waals surface area contributed by atoms with Crippen LogP contribution in [0.25, 0.3) is 0 Å². The van der Waals surface area contributed by atoms with Gasteiger partial charge >= 0.3 is 0 Å². The highest BCUT2D eigenvalue weighted by atomic mass is 16.5. The van der Waals surface area contributed by atoms with Gasteiger partial charge in [0, 0.05) is 32.1 Å². The van der Waals surface area contributed by atoms with Crippen LogP contribution in [0, 0.1) is 11.8 Å². The fourth-order valence-electron chi connectivity index (χ4n) is 4.28. The first-order valence-electron chi connectivity index (χ1n) is 9.99. The Morgan fingerprint density at radius 2 is 1.85 bits per heavy atom. The number of benzene rings is 1. The van der Waals surface area contributed by atoms with Crippen molar-refractivity contribution in [2.24, 2.45) is 11.8 Å². The zero-order valence-corrected chi connectivity index (χ0v) is 16.4. The van der Waals surface area contributed by atoms with E-state index >= 15 is 0 Å². The first kappa shape index (κ1) is 18.6. The average molecular weight is 374 g/mol. The van der Waals surface area contributed by atoms with Crippen molar-refractivity contribution in [3.63, 3.8) is 0 Å². The minimum absolute atomic E-state index is 0.232. The third-order valence-electron chi connectivity index (χ3n) is 6.09. The second-order valence-corrected chi connectivity index (χ2v) is 7.95. The number of hydrogen-bond acceptors (Lipinski definition) is 5. The largest absolute Gasteiger partial charge is 0.493 e. The molecule has 4 rings (SSSR count). The number of amides is 1. The van der Waals surface area contributed by atoms with Crippen molar-refractivity contribution in [1.29, 1.82) is 0 Å². The lowest BCUT2D eigenvalue weighted by molar-refractivity contribution is -0.133. The van der Waals surface area contributed by atoms with Crippen molar-refractivity contribution in [3.8, 4) is 11.5 Å². The summed E-state index contributed by atoms with van der Waals surface area (Å²) in [5, 5.41) is 0. The number of rotatable bonds is 5. The maximum Gasteiger partial charge on any atom is 0.236 e. The molecule has 2 aliphatic heterocycles. The molecule has 1 aliphatic carbocycles. The molecule has 1 saturated carbocycles. The van der Waals surface area contributed by atoms with E-state index in [0.717, 1.165) is 56.6 Å². The maximum atomic E-state index is 12.9. The predicted molar refractivity (Wildman–Crippen MR) is 102 cm³/mol. The Labute approximate surface area is 161 Å². The SMILES string of the molecule is COc1cc2c(cc1OC)CN(CC(=O)N1CCOCC(C3CC3)C1)CC2. The Kier molecular flexibility index (Phi) is 5.55. The van der Waals surface area contributed by atoms with E-state index in [1.807, 2.05) is 11.0 Å². The number of hydrogen-bond donors (Lipinski definition) is 0. The van der Waals surface area contributed by atoms with E-state index in [1.54, 1.807) is 14.2 Å². The van der Waals surface area contributed by atoms with E-state index in [1.165, 1.54) is 24.0 Å². The third kappa shape index (κ3) is 4.22. The molecule has 1 aromatic rings. The van der Waals surface area contributed by atoms with Gasteiger partial charge in [0.15, 0.2) is 11.5 Å². The molecule has 148 valence electrons. The maximum absolute atomic E-state index is 12.9. The number of nitrogens with zero attached hydrogens (tertiary/aromatic N) is 2. The van der Waals surface area contributed by atoms with E-state index in [2.05, 4.69) is 11.0 Å². The van der Waals surface area contributed by atoms with E-state index in [-0.39, 0.29) is 5.91 Å². The fraction of sp³-hybridized carbons (Fsp3) is 0.667. The van der Waals surface area contributed by atoms with Crippen molar-refractivity contribution in [2.75, 3.05) is 53.6 Å². The van der Waals surface area contributed by atoms with Crippen LogP contribution in [0.1, 0.15) is 24.0 Å². The standard InChI is InChI=1S/C21H30N2O4/c1-25-19-9-16-5-6-22(11-17(16)10-20(19)26-2)13-21(24)23-7-8-27-14-18(12-23)15-3-4-15/h9-10,15,18H,3-8,11-14H2,1-2H3. The molecule has 27 heavy (non-hydrogen) atoms. The molecule has 0 radical (unpaired) electrons. The summed E-state index contributed by atoms with van der Waals surface area (Å²) in [5.41, 5.74) is 2.51. The smallest absolute Gasteiger partial charge is 0.236 e. The molecule has 6 heteroatoms. The van der Waals surface area contributed by atoms with Crippen LogP contribution >= 0.6 is 0 Å².